The second-order valence-electron chi connectivity index (χ2n) is 6.38. The van der Waals surface area contributed by atoms with Crippen molar-refractivity contribution in [1.29, 1.82) is 0 Å². The molecule has 0 saturated heterocycles. The fourth-order valence-corrected chi connectivity index (χ4v) is 2.77. The number of carbonyl (C=O) groups excluding carboxylic acids is 1. The molecule has 0 aliphatic heterocycles. The minimum absolute atomic E-state index is 0.00627. The second-order valence-corrected chi connectivity index (χ2v) is 6.38. The third kappa shape index (κ3) is 3.91. The summed E-state index contributed by atoms with van der Waals surface area (Å²) < 4.78 is 19.3. The van der Waals surface area contributed by atoms with Gasteiger partial charge in [0.25, 0.3) is 0 Å². The van der Waals surface area contributed by atoms with Crippen molar-refractivity contribution < 1.29 is 13.9 Å². The Bertz CT molecular complexity index is 719. The summed E-state index contributed by atoms with van der Waals surface area (Å²) in [7, 11) is 0. The number of halogens is 1. The fourth-order valence-electron chi connectivity index (χ4n) is 2.77. The maximum absolute atomic E-state index is 13.9. The maximum Gasteiger partial charge on any atom is 0.224 e. The Hall–Kier alpha value is -2.43. The number of benzene rings is 1. The van der Waals surface area contributed by atoms with E-state index in [1.165, 1.54) is 6.07 Å². The van der Waals surface area contributed by atoms with Gasteiger partial charge in [0.2, 0.25) is 5.91 Å². The zero-order chi connectivity index (χ0) is 17.1. The Labute approximate surface area is 141 Å². The van der Waals surface area contributed by atoms with Gasteiger partial charge >= 0.3 is 0 Å². The first-order valence-electron chi connectivity index (χ1n) is 8.17. The highest BCUT2D eigenvalue weighted by atomic mass is 19.1. The lowest BCUT2D eigenvalue weighted by molar-refractivity contribution is -0.122. The molecule has 24 heavy (non-hydrogen) atoms. The summed E-state index contributed by atoms with van der Waals surface area (Å²) in [5.74, 6) is 0.0700. The molecule has 1 aromatic heterocycles. The molecule has 126 valence electrons. The van der Waals surface area contributed by atoms with Crippen LogP contribution >= 0.6 is 0 Å². The van der Waals surface area contributed by atoms with E-state index in [4.69, 9.17) is 4.74 Å². The van der Waals surface area contributed by atoms with Gasteiger partial charge in [-0.25, -0.2) is 4.39 Å². The van der Waals surface area contributed by atoms with E-state index in [0.717, 1.165) is 17.5 Å². The summed E-state index contributed by atoms with van der Waals surface area (Å²) >= 11 is 0. The number of hydrogen-bond donors (Lipinski definition) is 1. The number of nitrogens with zero attached hydrogens (tertiary/aromatic N) is 1. The number of amides is 1. The van der Waals surface area contributed by atoms with Gasteiger partial charge in [-0.3, -0.25) is 9.78 Å². The summed E-state index contributed by atoms with van der Waals surface area (Å²) in [5, 5.41) is 2.88. The maximum atomic E-state index is 13.9. The van der Waals surface area contributed by atoms with Gasteiger partial charge in [0.05, 0.1) is 6.10 Å². The molecule has 1 aliphatic rings. The molecule has 1 fully saturated rings. The Morgan fingerprint density at radius 3 is 2.92 bits per heavy atom. The molecule has 0 unspecified atom stereocenters. The van der Waals surface area contributed by atoms with Gasteiger partial charge < -0.3 is 10.1 Å². The summed E-state index contributed by atoms with van der Waals surface area (Å²) in [6.45, 7) is 4.01. The van der Waals surface area contributed by atoms with Crippen molar-refractivity contribution in [2.24, 2.45) is 5.92 Å². The molecule has 2 aromatic rings. The third-order valence-corrected chi connectivity index (χ3v) is 4.07. The number of nitrogens with one attached hydrogen (secondary N) is 1. The second kappa shape index (κ2) is 6.99. The summed E-state index contributed by atoms with van der Waals surface area (Å²) in [6.07, 6.45) is 4.29. The highest BCUT2D eigenvalue weighted by molar-refractivity contribution is 5.82. The van der Waals surface area contributed by atoms with Crippen molar-refractivity contribution in [1.82, 2.24) is 10.3 Å². The zero-order valence-electron chi connectivity index (χ0n) is 13.8. The summed E-state index contributed by atoms with van der Waals surface area (Å²) in [5.41, 5.74) is 1.81. The van der Waals surface area contributed by atoms with Crippen LogP contribution in [0.3, 0.4) is 0 Å². The molecule has 0 radical (unpaired) electrons. The largest absolute Gasteiger partial charge is 0.488 e. The quantitative estimate of drug-likeness (QED) is 0.884. The Morgan fingerprint density at radius 2 is 2.25 bits per heavy atom. The van der Waals surface area contributed by atoms with E-state index in [1.807, 2.05) is 26.0 Å². The lowest BCUT2D eigenvalue weighted by atomic mass is 10.1. The minimum atomic E-state index is -0.407. The number of pyridine rings is 1. The SMILES string of the molecule is CC(C)Oc1ccc(CNC(=O)[C@@H]2C[C@H]2c2cccnc2)cc1F. The predicted octanol–water partition coefficient (Wildman–Crippen LogP) is 3.43. The van der Waals surface area contributed by atoms with Crippen LogP contribution < -0.4 is 10.1 Å². The normalized spacial score (nSPS) is 19.2. The molecule has 0 spiro atoms. The monoisotopic (exact) mass is 328 g/mol. The summed E-state index contributed by atoms with van der Waals surface area (Å²) in [6, 6.07) is 8.66. The molecule has 5 heteroatoms. The van der Waals surface area contributed by atoms with Crippen LogP contribution in [0.1, 0.15) is 37.3 Å². The van der Waals surface area contributed by atoms with Gasteiger partial charge in [0.15, 0.2) is 11.6 Å². The van der Waals surface area contributed by atoms with Crippen molar-refractivity contribution in [3.05, 3.63) is 59.7 Å². The first kappa shape index (κ1) is 16.4. The molecule has 1 amide bonds. The van der Waals surface area contributed by atoms with E-state index in [-0.39, 0.29) is 29.6 Å². The van der Waals surface area contributed by atoms with E-state index in [1.54, 1.807) is 24.5 Å². The fraction of sp³-hybridized carbons (Fsp3) is 0.368. The van der Waals surface area contributed by atoms with E-state index >= 15 is 0 Å². The molecule has 1 saturated carbocycles. The molecular weight excluding hydrogens is 307 g/mol. The topological polar surface area (TPSA) is 51.2 Å². The average molecular weight is 328 g/mol. The molecule has 1 N–H and O–H groups in total. The van der Waals surface area contributed by atoms with Crippen LogP contribution in [0.25, 0.3) is 0 Å². The molecule has 1 heterocycles. The molecule has 1 aromatic carbocycles. The Kier molecular flexibility index (Phi) is 4.79. The highest BCUT2D eigenvalue weighted by Crippen LogP contribution is 2.47. The van der Waals surface area contributed by atoms with Crippen molar-refractivity contribution in [2.45, 2.75) is 38.8 Å². The van der Waals surface area contributed by atoms with Crippen molar-refractivity contribution in [3.63, 3.8) is 0 Å². The van der Waals surface area contributed by atoms with E-state index in [2.05, 4.69) is 10.3 Å². The van der Waals surface area contributed by atoms with Crippen LogP contribution in [0.2, 0.25) is 0 Å². The van der Waals surface area contributed by atoms with E-state index < -0.39 is 5.82 Å². The smallest absolute Gasteiger partial charge is 0.224 e. The molecule has 0 bridgehead atoms. The lowest BCUT2D eigenvalue weighted by Crippen LogP contribution is -2.25. The van der Waals surface area contributed by atoms with Crippen LogP contribution in [0.5, 0.6) is 5.75 Å². The van der Waals surface area contributed by atoms with Crippen LogP contribution in [-0.2, 0) is 11.3 Å². The number of carbonyl (C=O) groups is 1. The standard InChI is InChI=1S/C19H21FN2O2/c1-12(2)24-18-6-5-13(8-17(18)20)10-22-19(23)16-9-15(16)14-4-3-7-21-11-14/h3-8,11-12,15-16H,9-10H2,1-2H3,(H,22,23)/t15-,16+/m0/s1. The van der Waals surface area contributed by atoms with Crippen molar-refractivity contribution in [3.8, 4) is 5.75 Å². The third-order valence-electron chi connectivity index (χ3n) is 4.07. The average Bonchev–Trinajstić information content (AvgIpc) is 3.36. The van der Waals surface area contributed by atoms with Crippen molar-refractivity contribution >= 4 is 5.91 Å². The molecule has 3 rings (SSSR count). The van der Waals surface area contributed by atoms with Crippen molar-refractivity contribution in [2.75, 3.05) is 0 Å². The van der Waals surface area contributed by atoms with Gasteiger partial charge in [-0.1, -0.05) is 12.1 Å². The van der Waals surface area contributed by atoms with Crippen LogP contribution in [0, 0.1) is 11.7 Å². The van der Waals surface area contributed by atoms with Crippen LogP contribution in [0.15, 0.2) is 42.7 Å². The van der Waals surface area contributed by atoms with Gasteiger partial charge in [-0.2, -0.15) is 0 Å². The summed E-state index contributed by atoms with van der Waals surface area (Å²) in [4.78, 5) is 16.3. The molecule has 1 aliphatic carbocycles. The minimum Gasteiger partial charge on any atom is -0.488 e. The number of aromatic nitrogens is 1. The first-order chi connectivity index (χ1) is 11.5. The highest BCUT2D eigenvalue weighted by Gasteiger charge is 2.43. The Balaban J connectivity index is 1.53. The van der Waals surface area contributed by atoms with Gasteiger partial charge in [0.1, 0.15) is 0 Å². The molecule has 4 nitrogen and oxygen atoms in total. The van der Waals surface area contributed by atoms with E-state index in [9.17, 15) is 9.18 Å². The number of ether oxygens (including phenoxy) is 1. The van der Waals surface area contributed by atoms with Gasteiger partial charge in [0, 0.05) is 24.9 Å². The van der Waals surface area contributed by atoms with Crippen LogP contribution in [-0.4, -0.2) is 17.0 Å². The zero-order valence-corrected chi connectivity index (χ0v) is 13.8. The van der Waals surface area contributed by atoms with Gasteiger partial charge in [-0.05, 0) is 55.5 Å². The Morgan fingerprint density at radius 1 is 1.42 bits per heavy atom. The van der Waals surface area contributed by atoms with Crippen LogP contribution in [0.4, 0.5) is 4.39 Å². The number of hydrogen-bond acceptors (Lipinski definition) is 3. The number of rotatable bonds is 6. The predicted molar refractivity (Wildman–Crippen MR) is 89.1 cm³/mol. The molecule has 2 atom stereocenters. The lowest BCUT2D eigenvalue weighted by Gasteiger charge is -2.12. The van der Waals surface area contributed by atoms with Gasteiger partial charge in [-0.15, -0.1) is 0 Å². The van der Waals surface area contributed by atoms with E-state index in [0.29, 0.717) is 6.54 Å². The molecular formula is C19H21FN2O2. The first-order valence-corrected chi connectivity index (χ1v) is 8.17.